The third kappa shape index (κ3) is 7.16. The molecule has 0 saturated heterocycles. The van der Waals surface area contributed by atoms with Crippen LogP contribution < -0.4 is 4.74 Å². The zero-order valence-electron chi connectivity index (χ0n) is 18.2. The van der Waals surface area contributed by atoms with Crippen LogP contribution in [0.5, 0.6) is 5.75 Å². The van der Waals surface area contributed by atoms with Gasteiger partial charge in [-0.05, 0) is 61.4 Å². The number of carbonyl (C=O) groups is 1. The van der Waals surface area contributed by atoms with Gasteiger partial charge in [-0.3, -0.25) is 4.79 Å². The minimum atomic E-state index is -0.666. The number of hydrogen-bond donors (Lipinski definition) is 0. The van der Waals surface area contributed by atoms with Crippen LogP contribution in [-0.2, 0) is 22.7 Å². The first-order chi connectivity index (χ1) is 14.4. The van der Waals surface area contributed by atoms with Crippen LogP contribution in [0, 0.1) is 0 Å². The van der Waals surface area contributed by atoms with E-state index < -0.39 is 4.32 Å². The van der Waals surface area contributed by atoms with Crippen LogP contribution in [0.4, 0.5) is 0 Å². The van der Waals surface area contributed by atoms with Gasteiger partial charge in [0.15, 0.2) is 0 Å². The average Bonchev–Trinajstić information content (AvgIpc) is 2.71. The lowest BCUT2D eigenvalue weighted by Crippen LogP contribution is -2.26. The summed E-state index contributed by atoms with van der Waals surface area (Å²) in [4.78, 5) is 11.8. The lowest BCUT2D eigenvalue weighted by molar-refractivity contribution is -0.146. The Kier molecular flexibility index (Phi) is 8.38. The third-order valence-electron chi connectivity index (χ3n) is 5.74. The quantitative estimate of drug-likeness (QED) is 0.312. The maximum Gasteiger partial charge on any atom is 0.322 e. The van der Waals surface area contributed by atoms with Crippen molar-refractivity contribution < 1.29 is 14.3 Å². The van der Waals surface area contributed by atoms with Gasteiger partial charge in [-0.1, -0.05) is 84.4 Å². The second-order valence-electron chi connectivity index (χ2n) is 8.76. The number of alkyl halides is 1. The minimum absolute atomic E-state index is 0.261. The highest BCUT2D eigenvalue weighted by molar-refractivity contribution is 9.10. The molecule has 3 nitrogen and oxygen atoms in total. The van der Waals surface area contributed by atoms with E-state index in [1.807, 2.05) is 24.3 Å². The van der Waals surface area contributed by atoms with Crippen LogP contribution in [0.15, 0.2) is 48.5 Å². The smallest absolute Gasteiger partial charge is 0.322 e. The van der Waals surface area contributed by atoms with Crippen LogP contribution in [0.2, 0.25) is 0 Å². The van der Waals surface area contributed by atoms with Gasteiger partial charge in [-0.2, -0.15) is 0 Å². The molecule has 30 heavy (non-hydrogen) atoms. The summed E-state index contributed by atoms with van der Waals surface area (Å²) in [6.45, 7) is 4.36. The predicted octanol–water partition coefficient (Wildman–Crippen LogP) is 7.31. The third-order valence-corrected chi connectivity index (χ3v) is 6.06. The molecule has 0 aromatic heterocycles. The van der Waals surface area contributed by atoms with E-state index in [4.69, 9.17) is 9.47 Å². The van der Waals surface area contributed by atoms with Gasteiger partial charge in [0.2, 0.25) is 0 Å². The second-order valence-corrected chi connectivity index (χ2v) is 10.7. The van der Waals surface area contributed by atoms with Crippen LogP contribution in [-0.4, -0.2) is 10.3 Å². The molecule has 0 heterocycles. The Morgan fingerprint density at radius 2 is 1.40 bits per heavy atom. The molecule has 0 bridgehead atoms. The second kappa shape index (κ2) is 11.0. The van der Waals surface area contributed by atoms with Gasteiger partial charge in [0.25, 0.3) is 0 Å². The molecular weight excluding hydrogens is 440 g/mol. The van der Waals surface area contributed by atoms with Crippen LogP contribution >= 0.6 is 15.9 Å². The van der Waals surface area contributed by atoms with Crippen molar-refractivity contribution in [1.82, 2.24) is 0 Å². The molecule has 1 aliphatic rings. The van der Waals surface area contributed by atoms with Crippen molar-refractivity contribution >= 4 is 21.9 Å². The molecule has 3 rings (SSSR count). The number of hydrogen-bond acceptors (Lipinski definition) is 3. The van der Waals surface area contributed by atoms with E-state index in [-0.39, 0.29) is 12.6 Å². The van der Waals surface area contributed by atoms with Crippen molar-refractivity contribution in [2.75, 3.05) is 0 Å². The maximum absolute atomic E-state index is 11.8. The van der Waals surface area contributed by atoms with Gasteiger partial charge in [0.1, 0.15) is 23.3 Å². The van der Waals surface area contributed by atoms with Gasteiger partial charge in [-0.15, -0.1) is 0 Å². The number of esters is 1. The molecule has 162 valence electrons. The molecular formula is C26H33BrO3. The Bertz CT molecular complexity index is 783. The van der Waals surface area contributed by atoms with E-state index >= 15 is 0 Å². The fourth-order valence-corrected chi connectivity index (χ4v) is 3.96. The van der Waals surface area contributed by atoms with Gasteiger partial charge >= 0.3 is 5.97 Å². The molecule has 4 heteroatoms. The van der Waals surface area contributed by atoms with Crippen molar-refractivity contribution in [3.8, 4) is 5.75 Å². The summed E-state index contributed by atoms with van der Waals surface area (Å²) in [5, 5.41) is 0. The number of halogens is 1. The van der Waals surface area contributed by atoms with Gasteiger partial charge < -0.3 is 9.47 Å². The number of benzene rings is 2. The fraction of sp³-hybridized carbons (Fsp3) is 0.500. The Morgan fingerprint density at radius 3 is 2.00 bits per heavy atom. The zero-order chi connectivity index (χ0) is 21.4. The molecule has 0 aliphatic heterocycles. The number of ether oxygens (including phenoxy) is 2. The molecule has 0 N–H and O–H groups in total. The zero-order valence-corrected chi connectivity index (χ0v) is 19.7. The largest absolute Gasteiger partial charge is 0.489 e. The molecule has 0 radical (unpaired) electrons. The van der Waals surface area contributed by atoms with Crippen molar-refractivity contribution in [3.05, 3.63) is 65.2 Å². The molecule has 1 fully saturated rings. The summed E-state index contributed by atoms with van der Waals surface area (Å²) in [5.41, 5.74) is 3.60. The van der Waals surface area contributed by atoms with E-state index in [1.165, 1.54) is 56.1 Å². The van der Waals surface area contributed by atoms with Crippen molar-refractivity contribution in [2.24, 2.45) is 0 Å². The molecule has 0 unspecified atom stereocenters. The topological polar surface area (TPSA) is 35.5 Å². The summed E-state index contributed by atoms with van der Waals surface area (Å²) in [6, 6.07) is 16.7. The van der Waals surface area contributed by atoms with Crippen LogP contribution in [0.1, 0.15) is 81.4 Å². The Hall–Kier alpha value is -1.81. The van der Waals surface area contributed by atoms with E-state index in [9.17, 15) is 4.79 Å². The normalized spacial score (nSPS) is 15.8. The first-order valence-electron chi connectivity index (χ1n) is 11.1. The fourth-order valence-electron chi connectivity index (χ4n) is 3.84. The van der Waals surface area contributed by atoms with Gasteiger partial charge in [-0.25, -0.2) is 0 Å². The molecule has 1 saturated carbocycles. The lowest BCUT2D eigenvalue weighted by Gasteiger charge is -2.20. The Labute approximate surface area is 189 Å². The van der Waals surface area contributed by atoms with Crippen molar-refractivity contribution in [2.45, 2.75) is 82.2 Å². The predicted molar refractivity (Wildman–Crippen MR) is 125 cm³/mol. The monoisotopic (exact) mass is 472 g/mol. The molecule has 2 aromatic carbocycles. The van der Waals surface area contributed by atoms with E-state index in [2.05, 4.69) is 40.2 Å². The van der Waals surface area contributed by atoms with E-state index in [0.717, 1.165) is 17.2 Å². The summed E-state index contributed by atoms with van der Waals surface area (Å²) < 4.78 is 10.6. The SMILES string of the molecule is CC(C)(Br)C(=O)OCc1ccc(OCc2ccc(C3CCCCCCC3)cc2)cc1. The highest BCUT2D eigenvalue weighted by atomic mass is 79.9. The van der Waals surface area contributed by atoms with E-state index in [1.54, 1.807) is 13.8 Å². The van der Waals surface area contributed by atoms with Crippen molar-refractivity contribution in [3.63, 3.8) is 0 Å². The molecule has 1 aliphatic carbocycles. The van der Waals surface area contributed by atoms with Gasteiger partial charge in [0.05, 0.1) is 0 Å². The first kappa shape index (κ1) is 22.9. The van der Waals surface area contributed by atoms with Gasteiger partial charge in [0, 0.05) is 0 Å². The highest BCUT2D eigenvalue weighted by Gasteiger charge is 2.25. The number of rotatable bonds is 7. The Morgan fingerprint density at radius 1 is 0.867 bits per heavy atom. The van der Waals surface area contributed by atoms with E-state index in [0.29, 0.717) is 6.61 Å². The summed E-state index contributed by atoms with van der Waals surface area (Å²) in [7, 11) is 0. The molecule has 0 amide bonds. The first-order valence-corrected chi connectivity index (χ1v) is 11.9. The molecule has 0 spiro atoms. The summed E-state index contributed by atoms with van der Waals surface area (Å²) in [6.07, 6.45) is 9.55. The minimum Gasteiger partial charge on any atom is -0.489 e. The maximum atomic E-state index is 11.8. The lowest BCUT2D eigenvalue weighted by atomic mass is 9.86. The van der Waals surface area contributed by atoms with Crippen molar-refractivity contribution in [1.29, 1.82) is 0 Å². The average molecular weight is 473 g/mol. The number of carbonyl (C=O) groups excluding carboxylic acids is 1. The summed E-state index contributed by atoms with van der Waals surface area (Å²) in [5.74, 6) is 1.26. The molecule has 0 atom stereocenters. The Balaban J connectivity index is 1.47. The van der Waals surface area contributed by atoms with Crippen LogP contribution in [0.3, 0.4) is 0 Å². The standard InChI is InChI=1S/C26H33BrO3/c1-26(2,27)25(28)30-19-21-12-16-24(17-13-21)29-18-20-10-14-23(15-11-20)22-8-6-4-3-5-7-9-22/h10-17,22H,3-9,18-19H2,1-2H3. The van der Waals surface area contributed by atoms with Crippen LogP contribution in [0.25, 0.3) is 0 Å². The summed E-state index contributed by atoms with van der Waals surface area (Å²) >= 11 is 3.31. The highest BCUT2D eigenvalue weighted by Crippen LogP contribution is 2.31. The molecule has 2 aromatic rings.